The second kappa shape index (κ2) is 11.4. The number of aryl methyl sites for hydroxylation is 1. The number of hydrogen-bond acceptors (Lipinski definition) is 6. The van der Waals surface area contributed by atoms with Crippen LogP contribution in [0.15, 0.2) is 82.2 Å². The fourth-order valence-electron chi connectivity index (χ4n) is 2.79. The van der Waals surface area contributed by atoms with Crippen molar-refractivity contribution in [3.63, 3.8) is 0 Å². The number of nitrogens with one attached hydrogen (secondary N) is 1. The maximum Gasteiger partial charge on any atom is 0.117 e. The highest BCUT2D eigenvalue weighted by molar-refractivity contribution is 7.11. The molecule has 4 heterocycles. The van der Waals surface area contributed by atoms with Crippen molar-refractivity contribution >= 4 is 11.3 Å². The smallest absolute Gasteiger partial charge is 0.117 e. The third-order valence-corrected chi connectivity index (χ3v) is 5.12. The van der Waals surface area contributed by atoms with Gasteiger partial charge in [-0.05, 0) is 62.5 Å². The van der Waals surface area contributed by atoms with Crippen LogP contribution in [-0.2, 0) is 26.2 Å². The summed E-state index contributed by atoms with van der Waals surface area (Å²) in [5.41, 5.74) is 1.04. The van der Waals surface area contributed by atoms with Gasteiger partial charge in [-0.3, -0.25) is 9.88 Å². The van der Waals surface area contributed by atoms with Crippen LogP contribution in [0.4, 0.5) is 0 Å². The molecule has 0 unspecified atom stereocenters. The molecule has 5 nitrogen and oxygen atoms in total. The second-order valence-electron chi connectivity index (χ2n) is 6.77. The Morgan fingerprint density at radius 2 is 1.69 bits per heavy atom. The van der Waals surface area contributed by atoms with E-state index in [1.54, 1.807) is 18.7 Å². The number of rotatable bonds is 8. The zero-order valence-electron chi connectivity index (χ0n) is 16.9. The molecule has 0 aliphatic carbocycles. The molecule has 0 amide bonds. The van der Waals surface area contributed by atoms with E-state index in [0.29, 0.717) is 0 Å². The van der Waals surface area contributed by atoms with E-state index < -0.39 is 0 Å². The molecule has 4 rings (SSSR count). The first-order valence-corrected chi connectivity index (χ1v) is 10.4. The van der Waals surface area contributed by atoms with Crippen LogP contribution < -0.4 is 5.32 Å². The van der Waals surface area contributed by atoms with E-state index in [4.69, 9.17) is 8.83 Å². The monoisotopic (exact) mass is 409 g/mol. The molecule has 1 N–H and O–H groups in total. The Balaban J connectivity index is 0.000000166. The molecule has 0 bridgehead atoms. The quantitative estimate of drug-likeness (QED) is 0.431. The Bertz CT molecular complexity index is 918. The molecular formula is C23H27N3O2S. The van der Waals surface area contributed by atoms with Crippen LogP contribution in [0.1, 0.15) is 27.0 Å². The minimum Gasteiger partial charge on any atom is -0.468 e. The molecule has 0 aromatic carbocycles. The van der Waals surface area contributed by atoms with Crippen molar-refractivity contribution in [1.82, 2.24) is 15.2 Å². The summed E-state index contributed by atoms with van der Waals surface area (Å²) in [5, 5.41) is 3.25. The van der Waals surface area contributed by atoms with Gasteiger partial charge in [0.25, 0.3) is 0 Å². The molecule has 29 heavy (non-hydrogen) atoms. The third kappa shape index (κ3) is 7.69. The summed E-state index contributed by atoms with van der Waals surface area (Å²) in [6.45, 7) is 5.50. The Hall–Kier alpha value is -2.67. The number of thiophene rings is 1. The van der Waals surface area contributed by atoms with E-state index in [1.807, 2.05) is 53.8 Å². The highest BCUT2D eigenvalue weighted by atomic mass is 32.1. The lowest BCUT2D eigenvalue weighted by atomic mass is 10.3. The normalized spacial score (nSPS) is 10.7. The number of furan rings is 2. The zero-order valence-corrected chi connectivity index (χ0v) is 17.7. The van der Waals surface area contributed by atoms with E-state index in [0.717, 1.165) is 43.4 Å². The first kappa shape index (κ1) is 21.0. The predicted molar refractivity (Wildman–Crippen MR) is 116 cm³/mol. The largest absolute Gasteiger partial charge is 0.468 e. The van der Waals surface area contributed by atoms with Gasteiger partial charge in [0.1, 0.15) is 11.5 Å². The minimum absolute atomic E-state index is 0.740. The number of aromatic nitrogens is 1. The second-order valence-corrected chi connectivity index (χ2v) is 8.14. The highest BCUT2D eigenvalue weighted by Gasteiger charge is 2.04. The van der Waals surface area contributed by atoms with Gasteiger partial charge in [-0.15, -0.1) is 11.3 Å². The molecule has 0 fully saturated rings. The fourth-order valence-corrected chi connectivity index (χ4v) is 3.76. The van der Waals surface area contributed by atoms with Crippen LogP contribution in [0, 0.1) is 6.92 Å². The van der Waals surface area contributed by atoms with Crippen LogP contribution in [-0.4, -0.2) is 16.9 Å². The van der Waals surface area contributed by atoms with Gasteiger partial charge in [0, 0.05) is 29.0 Å². The first-order valence-electron chi connectivity index (χ1n) is 9.58. The molecule has 0 saturated carbocycles. The van der Waals surface area contributed by atoms with Gasteiger partial charge >= 0.3 is 0 Å². The number of pyridine rings is 1. The van der Waals surface area contributed by atoms with Gasteiger partial charge in [-0.2, -0.15) is 0 Å². The molecule has 0 atom stereocenters. The van der Waals surface area contributed by atoms with Crippen molar-refractivity contribution in [3.05, 3.63) is 100 Å². The van der Waals surface area contributed by atoms with Crippen molar-refractivity contribution < 1.29 is 8.83 Å². The van der Waals surface area contributed by atoms with Gasteiger partial charge in [0.05, 0.1) is 31.3 Å². The van der Waals surface area contributed by atoms with Gasteiger partial charge in [-0.1, -0.05) is 6.07 Å². The number of hydrogen-bond donors (Lipinski definition) is 1. The molecular weight excluding hydrogens is 382 g/mol. The van der Waals surface area contributed by atoms with Crippen LogP contribution in [0.25, 0.3) is 0 Å². The van der Waals surface area contributed by atoms with Crippen LogP contribution in [0.5, 0.6) is 0 Å². The van der Waals surface area contributed by atoms with E-state index in [9.17, 15) is 0 Å². The van der Waals surface area contributed by atoms with Gasteiger partial charge in [0.15, 0.2) is 0 Å². The molecule has 0 aliphatic heterocycles. The average molecular weight is 410 g/mol. The van der Waals surface area contributed by atoms with Crippen molar-refractivity contribution in [2.75, 3.05) is 7.05 Å². The maximum atomic E-state index is 5.31. The van der Waals surface area contributed by atoms with Gasteiger partial charge in [0.2, 0.25) is 0 Å². The highest BCUT2D eigenvalue weighted by Crippen LogP contribution is 2.17. The molecule has 0 spiro atoms. The summed E-state index contributed by atoms with van der Waals surface area (Å²) < 4.78 is 10.5. The maximum absolute atomic E-state index is 5.31. The van der Waals surface area contributed by atoms with Crippen molar-refractivity contribution in [1.29, 1.82) is 0 Å². The van der Waals surface area contributed by atoms with Crippen LogP contribution in [0.2, 0.25) is 0 Å². The van der Waals surface area contributed by atoms with Gasteiger partial charge < -0.3 is 14.2 Å². The topological polar surface area (TPSA) is 54.4 Å². The Kier molecular flexibility index (Phi) is 8.25. The summed E-state index contributed by atoms with van der Waals surface area (Å²) >= 11 is 1.86. The molecule has 4 aromatic heterocycles. The summed E-state index contributed by atoms with van der Waals surface area (Å²) in [5.74, 6) is 1.96. The molecule has 0 aliphatic rings. The average Bonchev–Trinajstić information content (AvgIpc) is 3.48. The minimum atomic E-state index is 0.740. The lowest BCUT2D eigenvalue weighted by molar-refractivity contribution is 0.290. The van der Waals surface area contributed by atoms with Crippen molar-refractivity contribution in [2.24, 2.45) is 0 Å². The van der Waals surface area contributed by atoms with Gasteiger partial charge in [-0.25, -0.2) is 0 Å². The molecule has 6 heteroatoms. The molecule has 0 saturated heterocycles. The third-order valence-electron chi connectivity index (χ3n) is 4.14. The number of nitrogens with zero attached hydrogens (tertiary/aromatic N) is 2. The molecule has 0 radical (unpaired) electrons. The molecule has 152 valence electrons. The van der Waals surface area contributed by atoms with E-state index >= 15 is 0 Å². The Labute approximate surface area is 176 Å². The Morgan fingerprint density at radius 3 is 2.31 bits per heavy atom. The predicted octanol–water partition coefficient (Wildman–Crippen LogP) is 5.25. The van der Waals surface area contributed by atoms with Crippen molar-refractivity contribution in [2.45, 2.75) is 33.1 Å². The van der Waals surface area contributed by atoms with E-state index in [-0.39, 0.29) is 0 Å². The SMILES string of the molecule is Cc1ccc(CN(C)Cc2ccco2)s1.c1ccc(CNCc2ccco2)nc1. The lowest BCUT2D eigenvalue weighted by Gasteiger charge is -2.13. The summed E-state index contributed by atoms with van der Waals surface area (Å²) in [6.07, 6.45) is 5.19. The summed E-state index contributed by atoms with van der Waals surface area (Å²) in [7, 11) is 2.11. The van der Waals surface area contributed by atoms with Crippen molar-refractivity contribution in [3.8, 4) is 0 Å². The standard InChI is InChI=1S/C12H15NOS.C11H12N2O/c1-10-5-6-12(15-10)9-13(2)8-11-4-3-7-14-11;1-2-6-13-10(4-1)8-12-9-11-5-3-7-14-11/h3-7H,8-9H2,1-2H3;1-7,12H,8-9H2. The zero-order chi connectivity index (χ0) is 20.3. The summed E-state index contributed by atoms with van der Waals surface area (Å²) in [4.78, 5) is 9.23. The first-order chi connectivity index (χ1) is 14.2. The van der Waals surface area contributed by atoms with Crippen LogP contribution in [0.3, 0.4) is 0 Å². The fraction of sp³-hybridized carbons (Fsp3) is 0.261. The summed E-state index contributed by atoms with van der Waals surface area (Å²) in [6, 6.07) is 18.0. The van der Waals surface area contributed by atoms with E-state index in [2.05, 4.69) is 41.3 Å². The van der Waals surface area contributed by atoms with Crippen LogP contribution >= 0.6 is 11.3 Å². The lowest BCUT2D eigenvalue weighted by Crippen LogP contribution is -2.15. The van der Waals surface area contributed by atoms with E-state index in [1.165, 1.54) is 9.75 Å². The Morgan fingerprint density at radius 1 is 0.897 bits per heavy atom. The molecule has 4 aromatic rings.